The predicted molar refractivity (Wildman–Crippen MR) is 108 cm³/mol. The summed E-state index contributed by atoms with van der Waals surface area (Å²) in [6, 6.07) is 11.7. The highest BCUT2D eigenvalue weighted by atomic mass is 32.2. The molecule has 2 rings (SSSR count). The van der Waals surface area contributed by atoms with Gasteiger partial charge < -0.3 is 14.8 Å². The molecule has 0 aliphatic heterocycles. The highest BCUT2D eigenvalue weighted by Gasteiger charge is 2.09. The van der Waals surface area contributed by atoms with Gasteiger partial charge in [-0.05, 0) is 48.7 Å². The molecule has 8 heteroatoms. The van der Waals surface area contributed by atoms with Crippen LogP contribution in [0, 0.1) is 0 Å². The molecule has 0 atom stereocenters. The van der Waals surface area contributed by atoms with Gasteiger partial charge >= 0.3 is 0 Å². The monoisotopic (exact) mass is 404 g/mol. The van der Waals surface area contributed by atoms with Crippen molar-refractivity contribution in [3.8, 4) is 11.5 Å². The quantitative estimate of drug-likeness (QED) is 0.666. The van der Waals surface area contributed by atoms with Crippen LogP contribution >= 0.6 is 0 Å². The highest BCUT2D eigenvalue weighted by molar-refractivity contribution is 7.89. The summed E-state index contributed by atoms with van der Waals surface area (Å²) < 4.78 is 33.3. The molecule has 0 aliphatic carbocycles. The van der Waals surface area contributed by atoms with Crippen LogP contribution in [0.5, 0.6) is 11.5 Å². The first kappa shape index (κ1) is 21.5. The van der Waals surface area contributed by atoms with Gasteiger partial charge in [-0.1, -0.05) is 30.4 Å². The van der Waals surface area contributed by atoms with Crippen LogP contribution in [0.1, 0.15) is 18.1 Å². The van der Waals surface area contributed by atoms with Crippen molar-refractivity contribution in [3.63, 3.8) is 0 Å². The number of sulfonamides is 1. The molecule has 28 heavy (non-hydrogen) atoms. The molecule has 0 saturated carbocycles. The van der Waals surface area contributed by atoms with Crippen molar-refractivity contribution >= 4 is 22.0 Å². The minimum Gasteiger partial charge on any atom is -0.493 e. The van der Waals surface area contributed by atoms with E-state index in [0.717, 1.165) is 11.1 Å². The Bertz CT molecular complexity index is 938. The normalized spacial score (nSPS) is 11.4. The molecule has 150 valence electrons. The van der Waals surface area contributed by atoms with E-state index in [1.807, 2.05) is 31.2 Å². The second-order valence-electron chi connectivity index (χ2n) is 5.99. The fourth-order valence-corrected chi connectivity index (χ4v) is 3.00. The van der Waals surface area contributed by atoms with Gasteiger partial charge in [-0.25, -0.2) is 13.6 Å². The second kappa shape index (κ2) is 9.91. The number of rotatable bonds is 9. The van der Waals surface area contributed by atoms with E-state index in [1.54, 1.807) is 25.3 Å². The van der Waals surface area contributed by atoms with Gasteiger partial charge in [0.25, 0.3) is 5.91 Å². The van der Waals surface area contributed by atoms with Gasteiger partial charge in [-0.2, -0.15) is 0 Å². The largest absolute Gasteiger partial charge is 0.493 e. The van der Waals surface area contributed by atoms with Crippen molar-refractivity contribution < 1.29 is 22.7 Å². The molecular weight excluding hydrogens is 380 g/mol. The van der Waals surface area contributed by atoms with Gasteiger partial charge in [0.1, 0.15) is 0 Å². The maximum atomic E-state index is 12.0. The Labute approximate surface area is 165 Å². The zero-order valence-corrected chi connectivity index (χ0v) is 16.7. The number of carbonyl (C=O) groups is 1. The zero-order chi connectivity index (χ0) is 20.6. The van der Waals surface area contributed by atoms with E-state index in [-0.39, 0.29) is 17.4 Å². The maximum Gasteiger partial charge on any atom is 0.257 e. The third kappa shape index (κ3) is 6.40. The summed E-state index contributed by atoms with van der Waals surface area (Å²) in [7, 11) is -2.15. The standard InChI is InChI=1S/C20H24N2O5S/c1-3-4-16-7-10-18(19(13-16)26-2)27-14-20(23)22-12-11-15-5-8-17(9-6-15)28(21,24)25/h3-10,13H,11-12,14H2,1-2H3,(H,22,23)(H2,21,24,25)/b4-3-. The molecule has 0 saturated heterocycles. The molecule has 2 aromatic carbocycles. The first-order valence-electron chi connectivity index (χ1n) is 8.65. The molecule has 0 unspecified atom stereocenters. The zero-order valence-electron chi connectivity index (χ0n) is 15.8. The summed E-state index contributed by atoms with van der Waals surface area (Å²) in [5, 5.41) is 7.82. The molecule has 2 aromatic rings. The number of nitrogens with one attached hydrogen (secondary N) is 1. The summed E-state index contributed by atoms with van der Waals surface area (Å²) in [4.78, 5) is 12.0. The molecule has 0 aromatic heterocycles. The molecule has 0 radical (unpaired) electrons. The lowest BCUT2D eigenvalue weighted by Gasteiger charge is -2.11. The number of amides is 1. The number of hydrogen-bond donors (Lipinski definition) is 2. The topological polar surface area (TPSA) is 108 Å². The number of ether oxygens (including phenoxy) is 2. The first-order chi connectivity index (χ1) is 13.3. The first-order valence-corrected chi connectivity index (χ1v) is 10.2. The van der Waals surface area contributed by atoms with Crippen molar-refractivity contribution in [1.29, 1.82) is 0 Å². The van der Waals surface area contributed by atoms with Crippen LogP contribution in [0.4, 0.5) is 0 Å². The average Bonchev–Trinajstić information content (AvgIpc) is 2.67. The number of primary sulfonamides is 1. The number of methoxy groups -OCH3 is 1. The SMILES string of the molecule is C/C=C\c1ccc(OCC(=O)NCCc2ccc(S(N)(=O)=O)cc2)c(OC)c1. The molecule has 7 nitrogen and oxygen atoms in total. The Kier molecular flexibility index (Phi) is 7.60. The molecular formula is C20H24N2O5S. The van der Waals surface area contributed by atoms with E-state index in [4.69, 9.17) is 14.6 Å². The highest BCUT2D eigenvalue weighted by Crippen LogP contribution is 2.28. The van der Waals surface area contributed by atoms with Crippen LogP contribution in [-0.2, 0) is 21.2 Å². The molecule has 0 spiro atoms. The van der Waals surface area contributed by atoms with E-state index in [9.17, 15) is 13.2 Å². The van der Waals surface area contributed by atoms with Crippen LogP contribution in [0.25, 0.3) is 6.08 Å². The smallest absolute Gasteiger partial charge is 0.257 e. The van der Waals surface area contributed by atoms with E-state index in [2.05, 4.69) is 5.32 Å². The van der Waals surface area contributed by atoms with Crippen molar-refractivity contribution in [2.75, 3.05) is 20.3 Å². The van der Waals surface area contributed by atoms with Crippen LogP contribution in [0.15, 0.2) is 53.4 Å². The van der Waals surface area contributed by atoms with Gasteiger partial charge in [0, 0.05) is 6.54 Å². The number of carbonyl (C=O) groups excluding carboxylic acids is 1. The van der Waals surface area contributed by atoms with E-state index in [1.165, 1.54) is 12.1 Å². The lowest BCUT2D eigenvalue weighted by atomic mass is 10.1. The van der Waals surface area contributed by atoms with Gasteiger partial charge in [-0.15, -0.1) is 0 Å². The lowest BCUT2D eigenvalue weighted by Crippen LogP contribution is -2.30. The van der Waals surface area contributed by atoms with E-state index < -0.39 is 10.0 Å². The van der Waals surface area contributed by atoms with Crippen molar-refractivity contribution in [1.82, 2.24) is 5.32 Å². The summed E-state index contributed by atoms with van der Waals surface area (Å²) in [6.07, 6.45) is 4.41. The summed E-state index contributed by atoms with van der Waals surface area (Å²) in [5.41, 5.74) is 1.86. The molecule has 3 N–H and O–H groups in total. The Balaban J connectivity index is 1.81. The molecule has 0 fully saturated rings. The minimum absolute atomic E-state index is 0.0584. The van der Waals surface area contributed by atoms with Crippen LogP contribution in [-0.4, -0.2) is 34.6 Å². The Morgan fingerprint density at radius 3 is 2.46 bits per heavy atom. The Morgan fingerprint density at radius 1 is 1.14 bits per heavy atom. The lowest BCUT2D eigenvalue weighted by molar-refractivity contribution is -0.123. The van der Waals surface area contributed by atoms with E-state index >= 15 is 0 Å². The molecule has 0 bridgehead atoms. The third-order valence-electron chi connectivity index (χ3n) is 3.89. The van der Waals surface area contributed by atoms with Crippen molar-refractivity contribution in [2.24, 2.45) is 5.14 Å². The van der Waals surface area contributed by atoms with Gasteiger partial charge in [0.2, 0.25) is 10.0 Å². The number of allylic oxidation sites excluding steroid dienone is 1. The van der Waals surface area contributed by atoms with E-state index in [0.29, 0.717) is 24.5 Å². The number of benzene rings is 2. The number of hydrogen-bond acceptors (Lipinski definition) is 5. The van der Waals surface area contributed by atoms with Crippen LogP contribution in [0.2, 0.25) is 0 Å². The number of nitrogens with two attached hydrogens (primary N) is 1. The summed E-state index contributed by atoms with van der Waals surface area (Å²) in [6.45, 7) is 2.19. The average molecular weight is 404 g/mol. The van der Waals surface area contributed by atoms with Crippen molar-refractivity contribution in [3.05, 3.63) is 59.7 Å². The minimum atomic E-state index is -3.70. The molecule has 0 aliphatic rings. The predicted octanol–water partition coefficient (Wildman–Crippen LogP) is 2.11. The molecule has 0 heterocycles. The van der Waals surface area contributed by atoms with Crippen molar-refractivity contribution in [2.45, 2.75) is 18.2 Å². The fraction of sp³-hybridized carbons (Fsp3) is 0.250. The van der Waals surface area contributed by atoms with Gasteiger partial charge in [0.05, 0.1) is 12.0 Å². The van der Waals surface area contributed by atoms with Crippen LogP contribution in [0.3, 0.4) is 0 Å². The fourth-order valence-electron chi connectivity index (χ4n) is 2.49. The Hall–Kier alpha value is -2.84. The third-order valence-corrected chi connectivity index (χ3v) is 4.82. The van der Waals surface area contributed by atoms with Gasteiger partial charge in [0.15, 0.2) is 18.1 Å². The summed E-state index contributed by atoms with van der Waals surface area (Å²) >= 11 is 0. The molecule has 1 amide bonds. The maximum absolute atomic E-state index is 12.0. The van der Waals surface area contributed by atoms with Crippen LogP contribution < -0.4 is 19.9 Å². The Morgan fingerprint density at radius 2 is 1.86 bits per heavy atom. The van der Waals surface area contributed by atoms with Gasteiger partial charge in [-0.3, -0.25) is 4.79 Å². The second-order valence-corrected chi connectivity index (χ2v) is 7.55. The summed E-state index contributed by atoms with van der Waals surface area (Å²) in [5.74, 6) is 0.781.